The van der Waals surface area contributed by atoms with Crippen LogP contribution in [0.1, 0.15) is 17.0 Å². The summed E-state index contributed by atoms with van der Waals surface area (Å²) in [5.41, 5.74) is 4.00. The highest BCUT2D eigenvalue weighted by Crippen LogP contribution is 2.18. The molecule has 128 valence electrons. The molecule has 0 unspecified atom stereocenters. The summed E-state index contributed by atoms with van der Waals surface area (Å²) in [6, 6.07) is 6.52. The van der Waals surface area contributed by atoms with Crippen LogP contribution < -0.4 is 4.90 Å². The number of piperazine rings is 1. The second-order valence-corrected chi connectivity index (χ2v) is 6.29. The molecule has 0 N–H and O–H groups in total. The number of aromatic nitrogens is 2. The summed E-state index contributed by atoms with van der Waals surface area (Å²) in [6.45, 7) is 6.85. The van der Waals surface area contributed by atoms with Crippen LogP contribution in [-0.4, -0.2) is 46.8 Å². The molecule has 1 aromatic carbocycles. The number of anilines is 1. The van der Waals surface area contributed by atoms with Crippen molar-refractivity contribution in [3.8, 4) is 0 Å². The van der Waals surface area contributed by atoms with Crippen LogP contribution in [0.15, 0.2) is 24.3 Å². The smallest absolute Gasteiger partial charge is 0.227 e. The van der Waals surface area contributed by atoms with E-state index >= 15 is 0 Å². The third kappa shape index (κ3) is 3.27. The van der Waals surface area contributed by atoms with Crippen molar-refractivity contribution in [2.45, 2.75) is 20.3 Å². The number of hydrogen-bond acceptors (Lipinski definition) is 3. The number of carbonyl (C=O) groups is 1. The van der Waals surface area contributed by atoms with Crippen LogP contribution in [0, 0.1) is 19.7 Å². The number of benzene rings is 1. The van der Waals surface area contributed by atoms with Gasteiger partial charge < -0.3 is 9.80 Å². The molecule has 1 saturated heterocycles. The predicted octanol–water partition coefficient (Wildman–Crippen LogP) is 2.07. The standard InChI is InChI=1S/C18H23FN4O/c1-13-17(14(2)21(3)20-13)12-18(24)23-10-8-22(9-11-23)16-6-4-15(19)5-7-16/h4-7H,8-12H2,1-3H3. The first-order chi connectivity index (χ1) is 11.5. The Kier molecular flexibility index (Phi) is 4.55. The van der Waals surface area contributed by atoms with Gasteiger partial charge in [-0.2, -0.15) is 5.10 Å². The molecule has 0 bridgehead atoms. The van der Waals surface area contributed by atoms with Crippen molar-refractivity contribution in [3.63, 3.8) is 0 Å². The van der Waals surface area contributed by atoms with Gasteiger partial charge in [0, 0.05) is 50.2 Å². The Morgan fingerprint density at radius 1 is 1.12 bits per heavy atom. The maximum Gasteiger partial charge on any atom is 0.227 e. The molecule has 24 heavy (non-hydrogen) atoms. The van der Waals surface area contributed by atoms with E-state index in [9.17, 15) is 9.18 Å². The summed E-state index contributed by atoms with van der Waals surface area (Å²) in [6.07, 6.45) is 0.405. The third-order valence-corrected chi connectivity index (χ3v) is 4.81. The van der Waals surface area contributed by atoms with Crippen molar-refractivity contribution in [1.82, 2.24) is 14.7 Å². The summed E-state index contributed by atoms with van der Waals surface area (Å²) in [4.78, 5) is 16.7. The Bertz CT molecular complexity index is 730. The predicted molar refractivity (Wildman–Crippen MR) is 91.6 cm³/mol. The average Bonchev–Trinajstić information content (AvgIpc) is 2.82. The van der Waals surface area contributed by atoms with Gasteiger partial charge in [0.2, 0.25) is 5.91 Å². The van der Waals surface area contributed by atoms with Crippen LogP contribution in [0.25, 0.3) is 0 Å². The number of hydrogen-bond donors (Lipinski definition) is 0. The molecule has 1 aromatic heterocycles. The molecule has 2 heterocycles. The molecule has 1 amide bonds. The van der Waals surface area contributed by atoms with Gasteiger partial charge in [0.15, 0.2) is 0 Å². The fourth-order valence-corrected chi connectivity index (χ4v) is 3.20. The summed E-state index contributed by atoms with van der Waals surface area (Å²) < 4.78 is 14.8. The molecule has 6 heteroatoms. The van der Waals surface area contributed by atoms with E-state index in [4.69, 9.17) is 0 Å². The summed E-state index contributed by atoms with van der Waals surface area (Å²) in [5.74, 6) is -0.0808. The van der Waals surface area contributed by atoms with E-state index in [0.29, 0.717) is 19.5 Å². The minimum Gasteiger partial charge on any atom is -0.368 e. The SMILES string of the molecule is Cc1nn(C)c(C)c1CC(=O)N1CCN(c2ccc(F)cc2)CC1. The maximum atomic E-state index is 13.0. The zero-order chi connectivity index (χ0) is 17.3. The summed E-state index contributed by atoms with van der Waals surface area (Å²) in [5, 5.41) is 4.37. The van der Waals surface area contributed by atoms with E-state index in [-0.39, 0.29) is 11.7 Å². The van der Waals surface area contributed by atoms with Crippen LogP contribution in [-0.2, 0) is 18.3 Å². The van der Waals surface area contributed by atoms with Crippen molar-refractivity contribution < 1.29 is 9.18 Å². The number of carbonyl (C=O) groups excluding carboxylic acids is 1. The number of rotatable bonds is 3. The average molecular weight is 330 g/mol. The van der Waals surface area contributed by atoms with E-state index < -0.39 is 0 Å². The highest BCUT2D eigenvalue weighted by molar-refractivity contribution is 5.79. The Labute approximate surface area is 141 Å². The van der Waals surface area contributed by atoms with Crippen molar-refractivity contribution in [3.05, 3.63) is 47.0 Å². The zero-order valence-electron chi connectivity index (χ0n) is 14.4. The van der Waals surface area contributed by atoms with Crippen molar-refractivity contribution >= 4 is 11.6 Å². The Balaban J connectivity index is 1.60. The molecule has 5 nitrogen and oxygen atoms in total. The fraction of sp³-hybridized carbons (Fsp3) is 0.444. The molecule has 0 spiro atoms. The maximum absolute atomic E-state index is 13.0. The van der Waals surface area contributed by atoms with E-state index in [1.54, 1.807) is 12.1 Å². The minimum absolute atomic E-state index is 0.146. The van der Waals surface area contributed by atoms with Gasteiger partial charge in [-0.1, -0.05) is 0 Å². The molecule has 0 radical (unpaired) electrons. The van der Waals surface area contributed by atoms with Crippen LogP contribution in [0.3, 0.4) is 0 Å². The normalized spacial score (nSPS) is 15.0. The minimum atomic E-state index is -0.227. The van der Waals surface area contributed by atoms with E-state index in [1.165, 1.54) is 12.1 Å². The fourth-order valence-electron chi connectivity index (χ4n) is 3.20. The van der Waals surface area contributed by atoms with E-state index in [1.807, 2.05) is 30.5 Å². The first-order valence-electron chi connectivity index (χ1n) is 8.23. The van der Waals surface area contributed by atoms with Gasteiger partial charge in [-0.05, 0) is 38.1 Å². The molecular weight excluding hydrogens is 307 g/mol. The van der Waals surface area contributed by atoms with Crippen LogP contribution >= 0.6 is 0 Å². The summed E-state index contributed by atoms with van der Waals surface area (Å²) in [7, 11) is 1.90. The molecule has 0 aliphatic carbocycles. The van der Waals surface area contributed by atoms with Crippen molar-refractivity contribution in [2.24, 2.45) is 7.05 Å². The van der Waals surface area contributed by atoms with Gasteiger partial charge in [-0.15, -0.1) is 0 Å². The van der Waals surface area contributed by atoms with Crippen LogP contribution in [0.2, 0.25) is 0 Å². The number of nitrogens with zero attached hydrogens (tertiary/aromatic N) is 4. The van der Waals surface area contributed by atoms with Crippen LogP contribution in [0.4, 0.5) is 10.1 Å². The van der Waals surface area contributed by atoms with E-state index in [0.717, 1.165) is 35.7 Å². The molecule has 0 atom stereocenters. The molecule has 3 rings (SSSR count). The Morgan fingerprint density at radius 2 is 1.75 bits per heavy atom. The highest BCUT2D eigenvalue weighted by atomic mass is 19.1. The van der Waals surface area contributed by atoms with Crippen molar-refractivity contribution in [1.29, 1.82) is 0 Å². The second kappa shape index (κ2) is 6.63. The number of halogens is 1. The molecular formula is C18H23FN4O. The monoisotopic (exact) mass is 330 g/mol. The number of amides is 1. The molecule has 1 fully saturated rings. The topological polar surface area (TPSA) is 41.4 Å². The van der Waals surface area contributed by atoms with Crippen LogP contribution in [0.5, 0.6) is 0 Å². The lowest BCUT2D eigenvalue weighted by Gasteiger charge is -2.36. The molecule has 1 aliphatic heterocycles. The summed E-state index contributed by atoms with van der Waals surface area (Å²) >= 11 is 0. The van der Waals surface area contributed by atoms with Gasteiger partial charge in [0.25, 0.3) is 0 Å². The lowest BCUT2D eigenvalue weighted by atomic mass is 10.1. The Morgan fingerprint density at radius 3 is 2.29 bits per heavy atom. The van der Waals surface area contributed by atoms with Gasteiger partial charge >= 0.3 is 0 Å². The number of aryl methyl sites for hydroxylation is 2. The first kappa shape index (κ1) is 16.5. The molecule has 1 aliphatic rings. The quantitative estimate of drug-likeness (QED) is 0.865. The second-order valence-electron chi connectivity index (χ2n) is 6.29. The highest BCUT2D eigenvalue weighted by Gasteiger charge is 2.23. The van der Waals surface area contributed by atoms with Gasteiger partial charge in [0.05, 0.1) is 12.1 Å². The van der Waals surface area contributed by atoms with E-state index in [2.05, 4.69) is 10.00 Å². The lowest BCUT2D eigenvalue weighted by Crippen LogP contribution is -2.49. The Hall–Kier alpha value is -2.37. The largest absolute Gasteiger partial charge is 0.368 e. The first-order valence-corrected chi connectivity index (χ1v) is 8.23. The zero-order valence-corrected chi connectivity index (χ0v) is 14.4. The molecule has 0 saturated carbocycles. The third-order valence-electron chi connectivity index (χ3n) is 4.81. The van der Waals surface area contributed by atoms with Gasteiger partial charge in [0.1, 0.15) is 5.82 Å². The lowest BCUT2D eigenvalue weighted by molar-refractivity contribution is -0.130. The van der Waals surface area contributed by atoms with Crippen molar-refractivity contribution in [2.75, 3.05) is 31.1 Å². The molecule has 2 aromatic rings. The van der Waals surface area contributed by atoms with Gasteiger partial charge in [-0.3, -0.25) is 9.48 Å². The van der Waals surface area contributed by atoms with Gasteiger partial charge in [-0.25, -0.2) is 4.39 Å².